The summed E-state index contributed by atoms with van der Waals surface area (Å²) in [5.74, 6) is 0.845. The Labute approximate surface area is 151 Å². The van der Waals surface area contributed by atoms with Gasteiger partial charge in [-0.15, -0.1) is 0 Å². The van der Waals surface area contributed by atoms with E-state index in [4.69, 9.17) is 19.3 Å². The average Bonchev–Trinajstić information content (AvgIpc) is 2.66. The van der Waals surface area contributed by atoms with Gasteiger partial charge in [0.05, 0.1) is 14.2 Å². The summed E-state index contributed by atoms with van der Waals surface area (Å²) in [6, 6.07) is 3.44. The highest BCUT2D eigenvalue weighted by Gasteiger charge is 2.49. The molecule has 0 aromatic heterocycles. The molecule has 0 aliphatic carbocycles. The van der Waals surface area contributed by atoms with Crippen molar-refractivity contribution in [3.63, 3.8) is 0 Å². The molecule has 5 atom stereocenters. The summed E-state index contributed by atoms with van der Waals surface area (Å²) in [6.07, 6.45) is -5.43. The molecule has 1 aromatic carbocycles. The van der Waals surface area contributed by atoms with Crippen LogP contribution in [0.1, 0.15) is 12.0 Å². The van der Waals surface area contributed by atoms with E-state index in [9.17, 15) is 20.4 Å². The number of aliphatic hydroxyl groups is 7. The number of methoxy groups -OCH3 is 2. The molecule has 0 amide bonds. The molecular formula is C17H27O9+. The second kappa shape index (κ2) is 9.36. The number of benzene rings is 1. The van der Waals surface area contributed by atoms with E-state index in [1.54, 1.807) is 12.1 Å². The first-order valence-corrected chi connectivity index (χ1v) is 8.34. The second-order valence-electron chi connectivity index (χ2n) is 6.04. The summed E-state index contributed by atoms with van der Waals surface area (Å²) >= 11 is 0. The molecule has 6 N–H and O–H groups in total. The third kappa shape index (κ3) is 4.37. The first kappa shape index (κ1) is 20.7. The quantitative estimate of drug-likeness (QED) is 0.339. The molecule has 0 bridgehead atoms. The largest absolute Gasteiger partial charge is 0.493 e. The lowest BCUT2D eigenvalue weighted by Crippen LogP contribution is -2.62. The summed E-state index contributed by atoms with van der Waals surface area (Å²) in [5.41, 5.74) is 0.866. The number of ether oxygens (including phenoxy) is 4. The van der Waals surface area contributed by atoms with E-state index in [2.05, 4.69) is 4.74 Å². The number of hydrogen-bond acceptors (Lipinski definition) is 8. The van der Waals surface area contributed by atoms with Crippen LogP contribution in [0.2, 0.25) is 0 Å². The molecule has 1 aromatic rings. The highest BCUT2D eigenvalue weighted by molar-refractivity contribution is 5.54. The fourth-order valence-corrected chi connectivity index (χ4v) is 2.82. The predicted octanol–water partition coefficient (Wildman–Crippen LogP) is -1.68. The van der Waals surface area contributed by atoms with Gasteiger partial charge in [0.1, 0.15) is 12.7 Å². The molecule has 1 aliphatic heterocycles. The molecule has 1 saturated heterocycles. The van der Waals surface area contributed by atoms with Crippen molar-refractivity contribution in [2.45, 2.75) is 43.5 Å². The molecule has 0 radical (unpaired) electrons. The zero-order valence-corrected chi connectivity index (χ0v) is 14.8. The number of aryl methyl sites for hydroxylation is 1. The molecule has 0 spiro atoms. The number of rotatable bonds is 8. The molecule has 148 valence electrons. The van der Waals surface area contributed by atoms with E-state index in [1.165, 1.54) is 14.2 Å². The van der Waals surface area contributed by atoms with Crippen LogP contribution in [-0.2, 0) is 6.42 Å². The van der Waals surface area contributed by atoms with Crippen molar-refractivity contribution in [2.75, 3.05) is 27.4 Å². The SMILES string of the molecule is COc1cc(CCCO)cc(OC)c1OC1[OH+]C(CO)C(O)C(O)C1O. The Bertz CT molecular complexity index is 552. The zero-order valence-electron chi connectivity index (χ0n) is 14.8. The fraction of sp³-hybridized carbons (Fsp3) is 0.647. The number of aliphatic hydroxyl groups excluding tert-OH is 5. The summed E-state index contributed by atoms with van der Waals surface area (Å²) in [6.45, 7) is -0.446. The van der Waals surface area contributed by atoms with Crippen LogP contribution in [0.5, 0.6) is 17.2 Å². The summed E-state index contributed by atoms with van der Waals surface area (Å²) in [7, 11) is 2.89. The van der Waals surface area contributed by atoms with Crippen LogP contribution >= 0.6 is 0 Å². The molecule has 26 heavy (non-hydrogen) atoms. The Morgan fingerprint density at radius 2 is 1.58 bits per heavy atom. The number of hydrogen-bond donors (Lipinski definition) is 5. The molecule has 5 unspecified atom stereocenters. The van der Waals surface area contributed by atoms with Crippen LogP contribution in [0.3, 0.4) is 0 Å². The first-order valence-electron chi connectivity index (χ1n) is 8.34. The minimum Gasteiger partial charge on any atom is -0.493 e. The molecular weight excluding hydrogens is 348 g/mol. The van der Waals surface area contributed by atoms with Crippen LogP contribution in [0, 0.1) is 0 Å². The van der Waals surface area contributed by atoms with Gasteiger partial charge in [-0.3, -0.25) is 0 Å². The van der Waals surface area contributed by atoms with Crippen molar-refractivity contribution >= 4 is 0 Å². The van der Waals surface area contributed by atoms with E-state index >= 15 is 0 Å². The van der Waals surface area contributed by atoms with Crippen LogP contribution in [0.25, 0.3) is 0 Å². The Morgan fingerprint density at radius 1 is 0.962 bits per heavy atom. The maximum Gasteiger partial charge on any atom is 0.335 e. The van der Waals surface area contributed by atoms with Crippen molar-refractivity contribution in [1.29, 1.82) is 0 Å². The Kier molecular flexibility index (Phi) is 7.44. The van der Waals surface area contributed by atoms with E-state index < -0.39 is 37.3 Å². The highest BCUT2D eigenvalue weighted by atomic mass is 16.7. The van der Waals surface area contributed by atoms with Gasteiger partial charge in [0.25, 0.3) is 0 Å². The lowest BCUT2D eigenvalue weighted by molar-refractivity contribution is -0.350. The van der Waals surface area contributed by atoms with Crippen LogP contribution < -0.4 is 14.2 Å². The predicted molar refractivity (Wildman–Crippen MR) is 90.5 cm³/mol. The average molecular weight is 375 g/mol. The normalized spacial score (nSPS) is 28.7. The Morgan fingerprint density at radius 3 is 2.08 bits per heavy atom. The molecule has 9 heteroatoms. The Hall–Kier alpha value is -1.62. The van der Waals surface area contributed by atoms with Crippen molar-refractivity contribution in [3.8, 4) is 17.2 Å². The lowest BCUT2D eigenvalue weighted by Gasteiger charge is -2.36. The lowest BCUT2D eigenvalue weighted by atomic mass is 9.99. The van der Waals surface area contributed by atoms with Gasteiger partial charge in [0, 0.05) is 6.61 Å². The van der Waals surface area contributed by atoms with Crippen LogP contribution in [-0.4, -0.2) is 88.4 Å². The van der Waals surface area contributed by atoms with Gasteiger partial charge in [-0.25, -0.2) is 0 Å². The zero-order chi connectivity index (χ0) is 19.3. The van der Waals surface area contributed by atoms with Gasteiger partial charge < -0.3 is 44.5 Å². The standard InChI is InChI=1S/C17H26O9/c1-23-10-6-9(4-3-5-18)7-11(24-2)16(10)26-17-15(22)14(21)13(20)12(8-19)25-17/h6-7,12-15,17-22H,3-5,8H2,1-2H3/p+1. The molecule has 1 fully saturated rings. The van der Waals surface area contributed by atoms with E-state index in [0.29, 0.717) is 24.3 Å². The topological polar surface area (TPSA) is 142 Å². The van der Waals surface area contributed by atoms with Crippen molar-refractivity contribution in [2.24, 2.45) is 0 Å². The van der Waals surface area contributed by atoms with Gasteiger partial charge in [0.15, 0.2) is 23.7 Å². The fourth-order valence-electron chi connectivity index (χ4n) is 2.82. The van der Waals surface area contributed by atoms with Crippen LogP contribution in [0.4, 0.5) is 0 Å². The minimum atomic E-state index is -1.52. The highest BCUT2D eigenvalue weighted by Crippen LogP contribution is 2.40. The van der Waals surface area contributed by atoms with Crippen molar-refractivity contribution in [3.05, 3.63) is 17.7 Å². The van der Waals surface area contributed by atoms with Gasteiger partial charge in [-0.1, -0.05) is 0 Å². The van der Waals surface area contributed by atoms with Crippen molar-refractivity contribution in [1.82, 2.24) is 0 Å². The monoisotopic (exact) mass is 375 g/mol. The van der Waals surface area contributed by atoms with Crippen LogP contribution in [0.15, 0.2) is 12.1 Å². The first-order chi connectivity index (χ1) is 12.5. The molecule has 0 saturated carbocycles. The van der Waals surface area contributed by atoms with Gasteiger partial charge in [-0.2, -0.15) is 0 Å². The molecule has 2 rings (SSSR count). The molecule has 9 nitrogen and oxygen atoms in total. The summed E-state index contributed by atoms with van der Waals surface area (Å²) < 4.78 is 20.4. The third-order valence-corrected chi connectivity index (χ3v) is 4.29. The molecule has 1 heterocycles. The van der Waals surface area contributed by atoms with Gasteiger partial charge in [0.2, 0.25) is 11.9 Å². The maximum absolute atomic E-state index is 10.2. The van der Waals surface area contributed by atoms with E-state index in [0.717, 1.165) is 5.56 Å². The van der Waals surface area contributed by atoms with E-state index in [-0.39, 0.29) is 12.4 Å². The van der Waals surface area contributed by atoms with Crippen molar-refractivity contribution < 1.29 is 44.5 Å². The smallest absolute Gasteiger partial charge is 0.335 e. The van der Waals surface area contributed by atoms with Gasteiger partial charge in [-0.05, 0) is 30.5 Å². The van der Waals surface area contributed by atoms with E-state index in [1.807, 2.05) is 0 Å². The van der Waals surface area contributed by atoms with Gasteiger partial charge >= 0.3 is 6.29 Å². The summed E-state index contributed by atoms with van der Waals surface area (Å²) in [5, 5.41) is 48.2. The molecule has 1 aliphatic rings. The summed E-state index contributed by atoms with van der Waals surface area (Å²) in [4.78, 5) is 0. The Balaban J connectivity index is 2.29. The third-order valence-electron chi connectivity index (χ3n) is 4.29. The maximum atomic E-state index is 10.2. The second-order valence-corrected chi connectivity index (χ2v) is 6.04. The minimum absolute atomic E-state index is 0.0544.